The number of aliphatic carboxylic acids is 1. The van der Waals surface area contributed by atoms with E-state index in [0.29, 0.717) is 18.4 Å². The second-order valence-corrected chi connectivity index (χ2v) is 6.77. The number of carbonyl (C=O) groups is 2. The fraction of sp³-hybridized carbons (Fsp3) is 0.875. The molecule has 1 amide bonds. The number of hydrogen-bond donors (Lipinski definition) is 1. The lowest BCUT2D eigenvalue weighted by molar-refractivity contribution is -0.157. The van der Waals surface area contributed by atoms with Crippen LogP contribution in [0.1, 0.15) is 57.8 Å². The van der Waals surface area contributed by atoms with Crippen LogP contribution >= 0.6 is 0 Å². The first-order valence-corrected chi connectivity index (χ1v) is 8.22. The zero-order valence-corrected chi connectivity index (χ0v) is 12.1. The van der Waals surface area contributed by atoms with Crippen LogP contribution in [0.25, 0.3) is 0 Å². The lowest BCUT2D eigenvalue weighted by Crippen LogP contribution is -2.49. The highest BCUT2D eigenvalue weighted by Crippen LogP contribution is 2.40. The van der Waals surface area contributed by atoms with Gasteiger partial charge in [0.15, 0.2) is 0 Å². The van der Waals surface area contributed by atoms with E-state index in [1.54, 1.807) is 0 Å². The number of nitrogens with zero attached hydrogens (tertiary/aromatic N) is 1. The molecule has 3 rings (SSSR count). The van der Waals surface area contributed by atoms with Crippen molar-refractivity contribution in [3.63, 3.8) is 0 Å². The summed E-state index contributed by atoms with van der Waals surface area (Å²) >= 11 is 0. The van der Waals surface area contributed by atoms with Crippen LogP contribution in [-0.4, -0.2) is 34.5 Å². The molecular formula is C16H25NO3. The largest absolute Gasteiger partial charge is 0.481 e. The molecule has 0 aromatic heterocycles. The first-order chi connectivity index (χ1) is 9.68. The highest BCUT2D eigenvalue weighted by molar-refractivity contribution is 5.86. The predicted octanol–water partition coefficient (Wildman–Crippen LogP) is 2.67. The summed E-state index contributed by atoms with van der Waals surface area (Å²) in [5.41, 5.74) is 0. The normalized spacial score (nSPS) is 34.8. The molecule has 1 heterocycles. The summed E-state index contributed by atoms with van der Waals surface area (Å²) in [6.45, 7) is 0.850. The number of amides is 1. The molecule has 4 heteroatoms. The molecule has 4 nitrogen and oxygen atoms in total. The van der Waals surface area contributed by atoms with Crippen molar-refractivity contribution in [3.05, 3.63) is 0 Å². The zero-order chi connectivity index (χ0) is 14.1. The Hall–Kier alpha value is -1.06. The van der Waals surface area contributed by atoms with Gasteiger partial charge in [-0.1, -0.05) is 19.3 Å². The second-order valence-electron chi connectivity index (χ2n) is 6.77. The fourth-order valence-electron chi connectivity index (χ4n) is 4.38. The van der Waals surface area contributed by atoms with Crippen molar-refractivity contribution in [2.75, 3.05) is 6.54 Å². The number of carboxylic acids is 1. The Morgan fingerprint density at radius 1 is 0.850 bits per heavy atom. The summed E-state index contributed by atoms with van der Waals surface area (Å²) in [6.07, 6.45) is 10.1. The quantitative estimate of drug-likeness (QED) is 0.864. The van der Waals surface area contributed by atoms with Gasteiger partial charge in [0.1, 0.15) is 0 Å². The molecule has 1 aliphatic heterocycles. The molecule has 0 spiro atoms. The highest BCUT2D eigenvalue weighted by atomic mass is 16.4. The third kappa shape index (κ3) is 2.45. The number of rotatable bonds is 3. The predicted molar refractivity (Wildman–Crippen MR) is 75.2 cm³/mol. The Bertz CT molecular complexity index is 389. The highest BCUT2D eigenvalue weighted by Gasteiger charge is 2.46. The Kier molecular flexibility index (Phi) is 3.99. The van der Waals surface area contributed by atoms with E-state index in [1.807, 2.05) is 0 Å². The van der Waals surface area contributed by atoms with Gasteiger partial charge in [-0.15, -0.1) is 0 Å². The van der Waals surface area contributed by atoms with E-state index in [1.165, 1.54) is 32.1 Å². The third-order valence-electron chi connectivity index (χ3n) is 5.69. The van der Waals surface area contributed by atoms with Crippen molar-refractivity contribution < 1.29 is 14.7 Å². The minimum absolute atomic E-state index is 0.136. The second kappa shape index (κ2) is 5.74. The van der Waals surface area contributed by atoms with Gasteiger partial charge in [0.05, 0.1) is 11.8 Å². The molecule has 112 valence electrons. The summed E-state index contributed by atoms with van der Waals surface area (Å²) in [5.74, 6) is -0.648. The summed E-state index contributed by atoms with van der Waals surface area (Å²) in [6, 6.07) is 0.401. The maximum absolute atomic E-state index is 12.7. The maximum Gasteiger partial charge on any atom is 0.307 e. The Balaban J connectivity index is 1.65. The van der Waals surface area contributed by atoms with Gasteiger partial charge < -0.3 is 10.0 Å². The Morgan fingerprint density at radius 3 is 2.15 bits per heavy atom. The van der Waals surface area contributed by atoms with E-state index in [0.717, 1.165) is 25.8 Å². The van der Waals surface area contributed by atoms with Crippen LogP contribution in [0.5, 0.6) is 0 Å². The minimum Gasteiger partial charge on any atom is -0.481 e. The summed E-state index contributed by atoms with van der Waals surface area (Å²) in [4.78, 5) is 25.8. The van der Waals surface area contributed by atoms with Crippen molar-refractivity contribution in [1.82, 2.24) is 4.90 Å². The van der Waals surface area contributed by atoms with Crippen LogP contribution in [0.15, 0.2) is 0 Å². The fourth-order valence-corrected chi connectivity index (χ4v) is 4.38. The van der Waals surface area contributed by atoms with Gasteiger partial charge in [-0.3, -0.25) is 9.59 Å². The topological polar surface area (TPSA) is 57.6 Å². The molecule has 0 aromatic carbocycles. The maximum atomic E-state index is 12.7. The van der Waals surface area contributed by atoms with Gasteiger partial charge >= 0.3 is 5.97 Å². The van der Waals surface area contributed by atoms with Crippen LogP contribution in [0.3, 0.4) is 0 Å². The van der Waals surface area contributed by atoms with Crippen LogP contribution in [0.4, 0.5) is 0 Å². The summed E-state index contributed by atoms with van der Waals surface area (Å²) < 4.78 is 0. The van der Waals surface area contributed by atoms with Gasteiger partial charge in [0, 0.05) is 12.6 Å². The SMILES string of the molecule is O=C(O)C1CCC1C(=O)N1CCCC1C1CCCCC1. The van der Waals surface area contributed by atoms with Crippen molar-refractivity contribution in [2.45, 2.75) is 63.8 Å². The molecule has 3 fully saturated rings. The molecule has 0 radical (unpaired) electrons. The Labute approximate surface area is 120 Å². The van der Waals surface area contributed by atoms with Crippen LogP contribution in [-0.2, 0) is 9.59 Å². The van der Waals surface area contributed by atoms with E-state index in [2.05, 4.69) is 4.90 Å². The van der Waals surface area contributed by atoms with E-state index in [9.17, 15) is 9.59 Å². The minimum atomic E-state index is -0.789. The van der Waals surface area contributed by atoms with Crippen LogP contribution < -0.4 is 0 Å². The van der Waals surface area contributed by atoms with Crippen LogP contribution in [0.2, 0.25) is 0 Å². The zero-order valence-electron chi connectivity index (χ0n) is 12.1. The molecule has 3 atom stereocenters. The van der Waals surface area contributed by atoms with E-state index in [4.69, 9.17) is 5.11 Å². The molecule has 3 unspecified atom stereocenters. The van der Waals surface area contributed by atoms with Gasteiger partial charge in [0.2, 0.25) is 5.91 Å². The molecule has 2 saturated carbocycles. The summed E-state index contributed by atoms with van der Waals surface area (Å²) in [7, 11) is 0. The van der Waals surface area contributed by atoms with Crippen molar-refractivity contribution in [2.24, 2.45) is 17.8 Å². The van der Waals surface area contributed by atoms with E-state index in [-0.39, 0.29) is 11.8 Å². The number of carboxylic acid groups (broad SMARTS) is 1. The molecule has 0 bridgehead atoms. The number of likely N-dealkylation sites (tertiary alicyclic amines) is 1. The standard InChI is InChI=1S/C16H25NO3/c18-15(12-8-9-13(12)16(19)20)17-10-4-7-14(17)11-5-2-1-3-6-11/h11-14H,1-10H2,(H,19,20). The monoisotopic (exact) mass is 279 g/mol. The molecule has 0 aromatic rings. The van der Waals surface area contributed by atoms with Crippen molar-refractivity contribution in [3.8, 4) is 0 Å². The van der Waals surface area contributed by atoms with Gasteiger partial charge in [-0.2, -0.15) is 0 Å². The first kappa shape index (κ1) is 13.9. The van der Waals surface area contributed by atoms with E-state index < -0.39 is 11.9 Å². The third-order valence-corrected chi connectivity index (χ3v) is 5.69. The van der Waals surface area contributed by atoms with Gasteiger partial charge in [-0.25, -0.2) is 0 Å². The molecule has 2 aliphatic carbocycles. The number of hydrogen-bond acceptors (Lipinski definition) is 2. The average molecular weight is 279 g/mol. The smallest absolute Gasteiger partial charge is 0.307 e. The molecule has 3 aliphatic rings. The molecule has 20 heavy (non-hydrogen) atoms. The lowest BCUT2D eigenvalue weighted by atomic mass is 9.72. The lowest BCUT2D eigenvalue weighted by Gasteiger charge is -2.40. The Morgan fingerprint density at radius 2 is 1.55 bits per heavy atom. The average Bonchev–Trinajstić information content (AvgIpc) is 2.86. The summed E-state index contributed by atoms with van der Waals surface area (Å²) in [5, 5.41) is 9.14. The van der Waals surface area contributed by atoms with Crippen molar-refractivity contribution in [1.29, 1.82) is 0 Å². The molecule has 1 N–H and O–H groups in total. The van der Waals surface area contributed by atoms with Crippen molar-refractivity contribution >= 4 is 11.9 Å². The first-order valence-electron chi connectivity index (χ1n) is 8.22. The van der Waals surface area contributed by atoms with Gasteiger partial charge in [0.25, 0.3) is 0 Å². The van der Waals surface area contributed by atoms with E-state index >= 15 is 0 Å². The van der Waals surface area contributed by atoms with Crippen LogP contribution in [0, 0.1) is 17.8 Å². The van der Waals surface area contributed by atoms with Gasteiger partial charge in [-0.05, 0) is 44.4 Å². The number of carbonyl (C=O) groups excluding carboxylic acids is 1. The molecular weight excluding hydrogens is 254 g/mol. The molecule has 1 saturated heterocycles.